The van der Waals surface area contributed by atoms with E-state index < -0.39 is 0 Å². The van der Waals surface area contributed by atoms with Crippen LogP contribution < -0.4 is 0 Å². The predicted molar refractivity (Wildman–Crippen MR) is 66.3 cm³/mol. The molecule has 5 heteroatoms. The first-order valence-corrected chi connectivity index (χ1v) is 6.16. The zero-order chi connectivity index (χ0) is 12.4. The molecule has 1 aliphatic rings. The van der Waals surface area contributed by atoms with Crippen molar-refractivity contribution in [1.82, 2.24) is 9.80 Å². The van der Waals surface area contributed by atoms with Crippen LogP contribution >= 0.6 is 11.6 Å². The van der Waals surface area contributed by atoms with Gasteiger partial charge in [-0.15, -0.1) is 0 Å². The van der Waals surface area contributed by atoms with Crippen molar-refractivity contribution < 1.29 is 9.21 Å². The van der Waals surface area contributed by atoms with E-state index in [1.807, 2.05) is 4.90 Å². The van der Waals surface area contributed by atoms with Gasteiger partial charge in [-0.1, -0.05) is 0 Å². The summed E-state index contributed by atoms with van der Waals surface area (Å²) < 4.78 is 4.95. The Bertz CT molecular complexity index is 395. The molecule has 2 rings (SSSR count). The maximum atomic E-state index is 12.1. The Hall–Kier alpha value is -1.00. The number of nitrogens with zero attached hydrogens (tertiary/aromatic N) is 2. The van der Waals surface area contributed by atoms with Crippen LogP contribution in [-0.2, 0) is 0 Å². The van der Waals surface area contributed by atoms with Crippen molar-refractivity contribution in [2.45, 2.75) is 18.9 Å². The maximum Gasteiger partial charge on any atom is 0.258 e. The van der Waals surface area contributed by atoms with E-state index in [0.29, 0.717) is 11.6 Å². The largest absolute Gasteiger partial charge is 0.452 e. The second-order valence-electron chi connectivity index (χ2n) is 4.59. The summed E-state index contributed by atoms with van der Waals surface area (Å²) in [7, 11) is 4.16. The smallest absolute Gasteiger partial charge is 0.258 e. The molecule has 1 amide bonds. The summed E-state index contributed by atoms with van der Waals surface area (Å²) >= 11 is 5.81. The average Bonchev–Trinajstić information content (AvgIpc) is 2.74. The van der Waals surface area contributed by atoms with E-state index in [9.17, 15) is 4.79 Å². The van der Waals surface area contributed by atoms with Crippen LogP contribution in [0.15, 0.2) is 16.7 Å². The van der Waals surface area contributed by atoms with E-state index in [0.717, 1.165) is 25.9 Å². The Labute approximate surface area is 106 Å². The molecule has 0 saturated carbocycles. The van der Waals surface area contributed by atoms with Gasteiger partial charge >= 0.3 is 0 Å². The highest BCUT2D eigenvalue weighted by molar-refractivity contribution is 6.32. The quantitative estimate of drug-likeness (QED) is 0.813. The summed E-state index contributed by atoms with van der Waals surface area (Å²) in [6, 6.07) is 2.20. The molecule has 0 bridgehead atoms. The monoisotopic (exact) mass is 256 g/mol. The number of amides is 1. The van der Waals surface area contributed by atoms with Crippen LogP contribution in [0.3, 0.4) is 0 Å². The normalized spacial score (nSPS) is 17.8. The Morgan fingerprint density at radius 1 is 1.47 bits per heavy atom. The number of rotatable bonds is 2. The Morgan fingerprint density at radius 2 is 2.12 bits per heavy atom. The third kappa shape index (κ3) is 2.64. The fraction of sp³-hybridized carbons (Fsp3) is 0.583. The molecule has 4 nitrogen and oxygen atoms in total. The van der Waals surface area contributed by atoms with E-state index in [4.69, 9.17) is 16.0 Å². The minimum Gasteiger partial charge on any atom is -0.452 e. The molecule has 1 aromatic rings. The average molecular weight is 257 g/mol. The minimum atomic E-state index is -0.0269. The summed E-state index contributed by atoms with van der Waals surface area (Å²) in [5.74, 6) is -0.0269. The third-order valence-corrected chi connectivity index (χ3v) is 3.62. The molecule has 0 aromatic carbocycles. The number of halogens is 1. The van der Waals surface area contributed by atoms with Crippen molar-refractivity contribution in [2.75, 3.05) is 27.2 Å². The first-order chi connectivity index (χ1) is 8.09. The van der Waals surface area contributed by atoms with Gasteiger partial charge in [0.15, 0.2) is 0 Å². The molecule has 0 atom stereocenters. The number of piperidine rings is 1. The lowest BCUT2D eigenvalue weighted by atomic mass is 10.0. The summed E-state index contributed by atoms with van der Waals surface area (Å²) in [5, 5.41) is 0.185. The minimum absolute atomic E-state index is 0.0269. The molecule has 1 aliphatic heterocycles. The van der Waals surface area contributed by atoms with Gasteiger partial charge in [-0.05, 0) is 44.6 Å². The van der Waals surface area contributed by atoms with Crippen LogP contribution in [0.1, 0.15) is 23.2 Å². The van der Waals surface area contributed by atoms with Crippen molar-refractivity contribution >= 4 is 17.5 Å². The Morgan fingerprint density at radius 3 is 2.59 bits per heavy atom. The summed E-state index contributed by atoms with van der Waals surface area (Å²) in [5.41, 5.74) is 0.468. The van der Waals surface area contributed by atoms with Crippen LogP contribution in [0.5, 0.6) is 0 Å². The molecule has 1 saturated heterocycles. The van der Waals surface area contributed by atoms with Gasteiger partial charge in [-0.25, -0.2) is 0 Å². The number of hydrogen-bond donors (Lipinski definition) is 0. The Kier molecular flexibility index (Phi) is 3.74. The fourth-order valence-electron chi connectivity index (χ4n) is 2.20. The second kappa shape index (κ2) is 5.10. The molecule has 0 unspecified atom stereocenters. The van der Waals surface area contributed by atoms with Crippen molar-refractivity contribution in [2.24, 2.45) is 0 Å². The number of likely N-dealkylation sites (tertiary alicyclic amines) is 1. The lowest BCUT2D eigenvalue weighted by molar-refractivity contribution is 0.0663. The van der Waals surface area contributed by atoms with Gasteiger partial charge in [-0.3, -0.25) is 4.79 Å². The molecule has 1 aromatic heterocycles. The lowest BCUT2D eigenvalue weighted by Crippen LogP contribution is -2.44. The van der Waals surface area contributed by atoms with Crippen molar-refractivity contribution in [1.29, 1.82) is 0 Å². The first-order valence-electron chi connectivity index (χ1n) is 5.78. The molecule has 2 heterocycles. The Balaban J connectivity index is 1.98. The van der Waals surface area contributed by atoms with Crippen LogP contribution in [0.4, 0.5) is 0 Å². The topological polar surface area (TPSA) is 36.7 Å². The molecule has 0 spiro atoms. The molecule has 1 fully saturated rings. The highest BCUT2D eigenvalue weighted by Gasteiger charge is 2.26. The number of carbonyl (C=O) groups excluding carboxylic acids is 1. The van der Waals surface area contributed by atoms with E-state index in [-0.39, 0.29) is 11.1 Å². The predicted octanol–water partition coefficient (Wildman–Crippen LogP) is 2.10. The van der Waals surface area contributed by atoms with Gasteiger partial charge < -0.3 is 14.2 Å². The van der Waals surface area contributed by atoms with E-state index in [1.165, 1.54) is 6.26 Å². The first kappa shape index (κ1) is 12.5. The number of hydrogen-bond acceptors (Lipinski definition) is 3. The molecule has 94 valence electrons. The van der Waals surface area contributed by atoms with Crippen LogP contribution in [0.2, 0.25) is 5.22 Å². The summed E-state index contributed by atoms with van der Waals surface area (Å²) in [4.78, 5) is 16.2. The van der Waals surface area contributed by atoms with Gasteiger partial charge in [0.05, 0.1) is 11.8 Å². The van der Waals surface area contributed by atoms with Gasteiger partial charge in [0.2, 0.25) is 5.22 Å². The van der Waals surface area contributed by atoms with Gasteiger partial charge in [0.1, 0.15) is 0 Å². The third-order valence-electron chi connectivity index (χ3n) is 3.33. The van der Waals surface area contributed by atoms with E-state index in [2.05, 4.69) is 19.0 Å². The van der Waals surface area contributed by atoms with Gasteiger partial charge in [0.25, 0.3) is 5.91 Å². The van der Waals surface area contributed by atoms with Crippen molar-refractivity contribution in [3.05, 3.63) is 23.1 Å². The summed E-state index contributed by atoms with van der Waals surface area (Å²) in [6.07, 6.45) is 3.46. The van der Waals surface area contributed by atoms with Gasteiger partial charge in [-0.2, -0.15) is 0 Å². The van der Waals surface area contributed by atoms with Crippen LogP contribution in [-0.4, -0.2) is 48.9 Å². The SMILES string of the molecule is CN(C)C1CCN(C(=O)c2ccoc2Cl)CC1. The fourth-order valence-corrected chi connectivity index (χ4v) is 2.40. The molecule has 17 heavy (non-hydrogen) atoms. The van der Waals surface area contributed by atoms with Crippen molar-refractivity contribution in [3.63, 3.8) is 0 Å². The molecular weight excluding hydrogens is 240 g/mol. The number of furan rings is 1. The lowest BCUT2D eigenvalue weighted by Gasteiger charge is -2.35. The zero-order valence-electron chi connectivity index (χ0n) is 10.1. The number of carbonyl (C=O) groups is 1. The zero-order valence-corrected chi connectivity index (χ0v) is 10.9. The van der Waals surface area contributed by atoms with E-state index in [1.54, 1.807) is 6.07 Å². The molecular formula is C12H17ClN2O2. The van der Waals surface area contributed by atoms with Crippen LogP contribution in [0.25, 0.3) is 0 Å². The summed E-state index contributed by atoms with van der Waals surface area (Å²) in [6.45, 7) is 1.56. The molecule has 0 radical (unpaired) electrons. The van der Waals surface area contributed by atoms with Crippen molar-refractivity contribution in [3.8, 4) is 0 Å². The maximum absolute atomic E-state index is 12.1. The van der Waals surface area contributed by atoms with E-state index >= 15 is 0 Å². The molecule has 0 N–H and O–H groups in total. The highest BCUT2D eigenvalue weighted by atomic mass is 35.5. The van der Waals surface area contributed by atoms with Gasteiger partial charge in [0, 0.05) is 19.1 Å². The standard InChI is InChI=1S/C12H17ClN2O2/c1-14(2)9-3-6-15(7-4-9)12(16)10-5-8-17-11(10)13/h5,8-9H,3-4,6-7H2,1-2H3. The highest BCUT2D eigenvalue weighted by Crippen LogP contribution is 2.21. The van der Waals surface area contributed by atoms with Crippen LogP contribution in [0, 0.1) is 0 Å². The molecule has 0 aliphatic carbocycles. The second-order valence-corrected chi connectivity index (χ2v) is 4.94.